The molecule has 94 valence electrons. The van der Waals surface area contributed by atoms with E-state index < -0.39 is 0 Å². The Kier molecular flexibility index (Phi) is 4.15. The molecule has 2 rings (SSSR count). The number of rotatable bonds is 3. The maximum Gasteiger partial charge on any atom is 0.129 e. The first-order valence-electron chi connectivity index (χ1n) is 5.83. The van der Waals surface area contributed by atoms with Gasteiger partial charge in [0.2, 0.25) is 0 Å². The van der Waals surface area contributed by atoms with Crippen LogP contribution in [0.15, 0.2) is 46.9 Å². The summed E-state index contributed by atoms with van der Waals surface area (Å²) in [5.41, 5.74) is 8.96. The van der Waals surface area contributed by atoms with Crippen LogP contribution in [-0.4, -0.2) is 0 Å². The fraction of sp³-hybridized carbons (Fsp3) is 0.200. The standard InChI is InChI=1S/C15H15BrFN/c1-10-5-7-11(8-6-10)9-14(18)15-12(16)3-2-4-13(15)17/h2-8,14H,9,18H2,1H3. The Morgan fingerprint density at radius 1 is 1.17 bits per heavy atom. The molecule has 3 heteroatoms. The van der Waals surface area contributed by atoms with Crippen molar-refractivity contribution in [2.45, 2.75) is 19.4 Å². The summed E-state index contributed by atoms with van der Waals surface area (Å²) in [4.78, 5) is 0. The molecule has 1 unspecified atom stereocenters. The minimum Gasteiger partial charge on any atom is -0.324 e. The van der Waals surface area contributed by atoms with Crippen LogP contribution in [0.4, 0.5) is 4.39 Å². The second-order valence-corrected chi connectivity index (χ2v) is 5.29. The van der Waals surface area contributed by atoms with Gasteiger partial charge in [-0.05, 0) is 31.0 Å². The molecule has 0 bridgehead atoms. The van der Waals surface area contributed by atoms with Crippen molar-refractivity contribution in [1.82, 2.24) is 0 Å². The highest BCUT2D eigenvalue weighted by Crippen LogP contribution is 2.27. The van der Waals surface area contributed by atoms with E-state index in [4.69, 9.17) is 5.73 Å². The van der Waals surface area contributed by atoms with Crippen LogP contribution in [0.5, 0.6) is 0 Å². The molecule has 0 aromatic heterocycles. The average Bonchev–Trinajstić information content (AvgIpc) is 2.32. The zero-order valence-corrected chi connectivity index (χ0v) is 11.7. The number of aryl methyl sites for hydroxylation is 1. The predicted molar refractivity (Wildman–Crippen MR) is 75.9 cm³/mol. The first-order chi connectivity index (χ1) is 8.58. The summed E-state index contributed by atoms with van der Waals surface area (Å²) in [6, 6.07) is 12.7. The van der Waals surface area contributed by atoms with Crippen LogP contribution >= 0.6 is 15.9 Å². The van der Waals surface area contributed by atoms with Crippen molar-refractivity contribution in [3.8, 4) is 0 Å². The second-order valence-electron chi connectivity index (χ2n) is 4.43. The monoisotopic (exact) mass is 307 g/mol. The Morgan fingerprint density at radius 3 is 2.44 bits per heavy atom. The maximum atomic E-state index is 13.8. The minimum absolute atomic E-state index is 0.260. The van der Waals surface area contributed by atoms with E-state index in [0.29, 0.717) is 12.0 Å². The van der Waals surface area contributed by atoms with Gasteiger partial charge in [0.15, 0.2) is 0 Å². The lowest BCUT2D eigenvalue weighted by Gasteiger charge is -2.15. The maximum absolute atomic E-state index is 13.8. The van der Waals surface area contributed by atoms with Gasteiger partial charge in [-0.25, -0.2) is 4.39 Å². The molecule has 0 aliphatic carbocycles. The zero-order valence-electron chi connectivity index (χ0n) is 10.2. The smallest absolute Gasteiger partial charge is 0.129 e. The van der Waals surface area contributed by atoms with E-state index in [1.54, 1.807) is 6.07 Å². The Bertz CT molecular complexity index is 516. The van der Waals surface area contributed by atoms with E-state index in [-0.39, 0.29) is 11.9 Å². The molecule has 2 aromatic rings. The first-order valence-corrected chi connectivity index (χ1v) is 6.62. The highest BCUT2D eigenvalue weighted by atomic mass is 79.9. The lowest BCUT2D eigenvalue weighted by molar-refractivity contribution is 0.578. The van der Waals surface area contributed by atoms with Gasteiger partial charge >= 0.3 is 0 Å². The lowest BCUT2D eigenvalue weighted by Crippen LogP contribution is -2.15. The Morgan fingerprint density at radius 2 is 1.83 bits per heavy atom. The van der Waals surface area contributed by atoms with Crippen LogP contribution in [0.2, 0.25) is 0 Å². The van der Waals surface area contributed by atoms with E-state index in [9.17, 15) is 4.39 Å². The van der Waals surface area contributed by atoms with Gasteiger partial charge in [0.05, 0.1) is 0 Å². The minimum atomic E-state index is -0.344. The molecule has 0 spiro atoms. The van der Waals surface area contributed by atoms with Crippen molar-refractivity contribution in [1.29, 1.82) is 0 Å². The summed E-state index contributed by atoms with van der Waals surface area (Å²) in [5, 5.41) is 0. The van der Waals surface area contributed by atoms with Gasteiger partial charge in [-0.3, -0.25) is 0 Å². The molecule has 0 fully saturated rings. The zero-order chi connectivity index (χ0) is 13.1. The van der Waals surface area contributed by atoms with Crippen molar-refractivity contribution in [2.75, 3.05) is 0 Å². The topological polar surface area (TPSA) is 26.0 Å². The summed E-state index contributed by atoms with van der Waals surface area (Å²) in [7, 11) is 0. The van der Waals surface area contributed by atoms with Gasteiger partial charge < -0.3 is 5.73 Å². The van der Waals surface area contributed by atoms with E-state index >= 15 is 0 Å². The van der Waals surface area contributed by atoms with Crippen LogP contribution in [0, 0.1) is 12.7 Å². The molecule has 0 aliphatic rings. The Balaban J connectivity index is 2.22. The molecule has 0 amide bonds. The van der Waals surface area contributed by atoms with E-state index in [1.807, 2.05) is 37.3 Å². The number of hydrogen-bond acceptors (Lipinski definition) is 1. The molecule has 0 radical (unpaired) electrons. The highest BCUT2D eigenvalue weighted by molar-refractivity contribution is 9.10. The third-order valence-corrected chi connectivity index (χ3v) is 3.64. The fourth-order valence-corrected chi connectivity index (χ4v) is 2.58. The lowest BCUT2D eigenvalue weighted by atomic mass is 9.99. The second kappa shape index (κ2) is 5.63. The van der Waals surface area contributed by atoms with Crippen molar-refractivity contribution in [3.63, 3.8) is 0 Å². The summed E-state index contributed by atoms with van der Waals surface area (Å²) in [6.07, 6.45) is 0.625. The summed E-state index contributed by atoms with van der Waals surface area (Å²) in [6.45, 7) is 2.04. The van der Waals surface area contributed by atoms with Crippen LogP contribution in [-0.2, 0) is 6.42 Å². The SMILES string of the molecule is Cc1ccc(CC(N)c2c(F)cccc2Br)cc1. The van der Waals surface area contributed by atoms with Gasteiger partial charge in [-0.2, -0.15) is 0 Å². The molecular formula is C15H15BrFN. The molecule has 18 heavy (non-hydrogen) atoms. The number of hydrogen-bond donors (Lipinski definition) is 1. The molecule has 1 atom stereocenters. The number of benzene rings is 2. The van der Waals surface area contributed by atoms with Crippen molar-refractivity contribution in [2.24, 2.45) is 5.73 Å². The van der Waals surface area contributed by atoms with E-state index in [0.717, 1.165) is 10.0 Å². The fourth-order valence-electron chi connectivity index (χ4n) is 1.95. The Labute approximate surface area is 115 Å². The van der Waals surface area contributed by atoms with Gasteiger partial charge in [0, 0.05) is 16.1 Å². The number of nitrogens with two attached hydrogens (primary N) is 1. The molecular weight excluding hydrogens is 293 g/mol. The van der Waals surface area contributed by atoms with Crippen LogP contribution in [0.25, 0.3) is 0 Å². The molecule has 0 heterocycles. The van der Waals surface area contributed by atoms with Gasteiger partial charge in [0.1, 0.15) is 5.82 Å². The quantitative estimate of drug-likeness (QED) is 0.906. The van der Waals surface area contributed by atoms with Crippen LogP contribution in [0.1, 0.15) is 22.7 Å². The summed E-state index contributed by atoms with van der Waals surface area (Å²) >= 11 is 3.35. The van der Waals surface area contributed by atoms with Gasteiger partial charge in [-0.15, -0.1) is 0 Å². The average molecular weight is 308 g/mol. The van der Waals surface area contributed by atoms with Crippen molar-refractivity contribution in [3.05, 3.63) is 69.4 Å². The molecule has 0 aliphatic heterocycles. The van der Waals surface area contributed by atoms with Crippen LogP contribution in [0.3, 0.4) is 0 Å². The van der Waals surface area contributed by atoms with Crippen LogP contribution < -0.4 is 5.73 Å². The van der Waals surface area contributed by atoms with Crippen molar-refractivity contribution >= 4 is 15.9 Å². The van der Waals surface area contributed by atoms with Gasteiger partial charge in [-0.1, -0.05) is 51.8 Å². The molecule has 2 aromatic carbocycles. The predicted octanol–water partition coefficient (Wildman–Crippen LogP) is 4.14. The van der Waals surface area contributed by atoms with E-state index in [1.165, 1.54) is 11.6 Å². The molecule has 2 N–H and O–H groups in total. The largest absolute Gasteiger partial charge is 0.324 e. The third-order valence-electron chi connectivity index (χ3n) is 2.95. The summed E-state index contributed by atoms with van der Waals surface area (Å²) in [5.74, 6) is -0.260. The molecule has 1 nitrogen and oxygen atoms in total. The summed E-state index contributed by atoms with van der Waals surface area (Å²) < 4.78 is 14.5. The third kappa shape index (κ3) is 2.98. The van der Waals surface area contributed by atoms with E-state index in [2.05, 4.69) is 15.9 Å². The number of halogens is 2. The molecule has 0 saturated heterocycles. The molecule has 0 saturated carbocycles. The normalized spacial score (nSPS) is 12.4. The van der Waals surface area contributed by atoms with Crippen molar-refractivity contribution < 1.29 is 4.39 Å². The highest BCUT2D eigenvalue weighted by Gasteiger charge is 2.15. The first kappa shape index (κ1) is 13.2. The Hall–Kier alpha value is -1.19. The van der Waals surface area contributed by atoms with Gasteiger partial charge in [0.25, 0.3) is 0 Å².